The van der Waals surface area contributed by atoms with Crippen molar-refractivity contribution in [3.63, 3.8) is 0 Å². The lowest BCUT2D eigenvalue weighted by Gasteiger charge is -2.20. The van der Waals surface area contributed by atoms with Crippen LogP contribution < -0.4 is 10.5 Å². The van der Waals surface area contributed by atoms with Crippen molar-refractivity contribution in [1.29, 1.82) is 5.41 Å². The second-order valence-electron chi connectivity index (χ2n) is 5.70. The molecular formula is C16H25N3O. The van der Waals surface area contributed by atoms with Crippen molar-refractivity contribution in [2.75, 3.05) is 26.7 Å². The molecule has 3 N–H and O–H groups in total. The number of nitrogen functional groups attached to an aromatic ring is 1. The molecule has 0 heterocycles. The molecule has 1 aliphatic carbocycles. The second kappa shape index (κ2) is 7.29. The van der Waals surface area contributed by atoms with Crippen molar-refractivity contribution < 1.29 is 4.74 Å². The summed E-state index contributed by atoms with van der Waals surface area (Å²) in [4.78, 5) is 2.36. The normalized spacial score (nSPS) is 15.7. The Morgan fingerprint density at radius 3 is 2.55 bits per heavy atom. The highest BCUT2D eigenvalue weighted by molar-refractivity contribution is 5.94. The Morgan fingerprint density at radius 1 is 1.30 bits per heavy atom. The van der Waals surface area contributed by atoms with Gasteiger partial charge in [-0.15, -0.1) is 0 Å². The molecule has 4 heteroatoms. The number of rotatable bonds is 7. The zero-order chi connectivity index (χ0) is 14.4. The molecule has 1 aliphatic rings. The molecular weight excluding hydrogens is 250 g/mol. The zero-order valence-electron chi connectivity index (χ0n) is 12.3. The Hall–Kier alpha value is -1.55. The van der Waals surface area contributed by atoms with Gasteiger partial charge in [-0.1, -0.05) is 12.8 Å². The molecule has 2 rings (SSSR count). The number of benzene rings is 1. The third kappa shape index (κ3) is 4.53. The highest BCUT2D eigenvalue weighted by Gasteiger charge is 2.16. The van der Waals surface area contributed by atoms with Crippen LogP contribution in [-0.4, -0.2) is 37.5 Å². The molecule has 0 spiro atoms. The van der Waals surface area contributed by atoms with Gasteiger partial charge >= 0.3 is 0 Å². The third-order valence-electron chi connectivity index (χ3n) is 3.95. The van der Waals surface area contributed by atoms with E-state index in [0.717, 1.165) is 23.8 Å². The molecule has 0 atom stereocenters. The maximum atomic E-state index is 7.34. The molecule has 1 saturated carbocycles. The highest BCUT2D eigenvalue weighted by atomic mass is 16.5. The van der Waals surface area contributed by atoms with Gasteiger partial charge in [0.2, 0.25) is 0 Å². The number of ether oxygens (including phenoxy) is 1. The molecule has 0 amide bonds. The number of hydrogen-bond acceptors (Lipinski definition) is 3. The van der Waals surface area contributed by atoms with Crippen LogP contribution in [-0.2, 0) is 0 Å². The van der Waals surface area contributed by atoms with Crippen molar-refractivity contribution in [2.24, 2.45) is 11.7 Å². The Labute approximate surface area is 121 Å². The minimum absolute atomic E-state index is 0.0906. The van der Waals surface area contributed by atoms with E-state index in [1.807, 2.05) is 24.3 Å². The largest absolute Gasteiger partial charge is 0.492 e. The molecule has 110 valence electrons. The van der Waals surface area contributed by atoms with E-state index in [4.69, 9.17) is 15.9 Å². The fraction of sp³-hybridized carbons (Fsp3) is 0.562. The standard InChI is InChI=1S/C16H25N3O/c1-19(12-13-4-2-3-5-13)10-11-20-15-8-6-14(7-9-15)16(17)18/h6-9,13H,2-5,10-12H2,1H3,(H3,17,18). The Balaban J connectivity index is 1.68. The zero-order valence-corrected chi connectivity index (χ0v) is 12.3. The van der Waals surface area contributed by atoms with E-state index in [-0.39, 0.29) is 5.84 Å². The number of nitrogens with zero attached hydrogens (tertiary/aromatic N) is 1. The Morgan fingerprint density at radius 2 is 1.95 bits per heavy atom. The van der Waals surface area contributed by atoms with Gasteiger partial charge in [-0.3, -0.25) is 5.41 Å². The van der Waals surface area contributed by atoms with Crippen LogP contribution in [0.3, 0.4) is 0 Å². The number of hydrogen-bond donors (Lipinski definition) is 2. The summed E-state index contributed by atoms with van der Waals surface area (Å²) < 4.78 is 5.72. The Kier molecular flexibility index (Phi) is 5.41. The van der Waals surface area contributed by atoms with Gasteiger partial charge in [0.25, 0.3) is 0 Å². The molecule has 4 nitrogen and oxygen atoms in total. The van der Waals surface area contributed by atoms with E-state index < -0.39 is 0 Å². The van der Waals surface area contributed by atoms with E-state index >= 15 is 0 Å². The third-order valence-corrected chi connectivity index (χ3v) is 3.95. The van der Waals surface area contributed by atoms with Gasteiger partial charge < -0.3 is 15.4 Å². The number of likely N-dealkylation sites (N-methyl/N-ethyl adjacent to an activating group) is 1. The smallest absolute Gasteiger partial charge is 0.122 e. The van der Waals surface area contributed by atoms with Crippen molar-refractivity contribution in [3.05, 3.63) is 29.8 Å². The summed E-state index contributed by atoms with van der Waals surface area (Å²) in [5.41, 5.74) is 6.15. The number of nitrogens with one attached hydrogen (secondary N) is 1. The van der Waals surface area contributed by atoms with E-state index in [0.29, 0.717) is 6.61 Å². The average Bonchev–Trinajstić information content (AvgIpc) is 2.92. The number of nitrogens with two attached hydrogens (primary N) is 1. The van der Waals surface area contributed by atoms with Gasteiger partial charge in [-0.2, -0.15) is 0 Å². The van der Waals surface area contributed by atoms with Gasteiger partial charge in [-0.25, -0.2) is 0 Å². The van der Waals surface area contributed by atoms with E-state index in [1.165, 1.54) is 32.2 Å². The van der Waals surface area contributed by atoms with Crippen LogP contribution in [0.4, 0.5) is 0 Å². The highest BCUT2D eigenvalue weighted by Crippen LogP contribution is 2.25. The lowest BCUT2D eigenvalue weighted by Crippen LogP contribution is -2.28. The topological polar surface area (TPSA) is 62.3 Å². The molecule has 0 radical (unpaired) electrons. The summed E-state index contributed by atoms with van der Waals surface area (Å²) in [6.45, 7) is 2.83. The second-order valence-corrected chi connectivity index (χ2v) is 5.70. The predicted molar refractivity (Wildman–Crippen MR) is 82.4 cm³/mol. The van der Waals surface area contributed by atoms with Gasteiger partial charge in [0.05, 0.1) is 0 Å². The molecule has 1 aromatic carbocycles. The maximum Gasteiger partial charge on any atom is 0.122 e. The van der Waals surface area contributed by atoms with Gasteiger partial charge in [0.15, 0.2) is 0 Å². The first-order valence-electron chi connectivity index (χ1n) is 7.41. The van der Waals surface area contributed by atoms with Crippen LogP contribution in [0.1, 0.15) is 31.2 Å². The van der Waals surface area contributed by atoms with Crippen LogP contribution >= 0.6 is 0 Å². The fourth-order valence-electron chi connectivity index (χ4n) is 2.78. The Bertz CT molecular complexity index is 424. The van der Waals surface area contributed by atoms with Gasteiger partial charge in [-0.05, 0) is 50.1 Å². The van der Waals surface area contributed by atoms with Crippen molar-refractivity contribution in [2.45, 2.75) is 25.7 Å². The van der Waals surface area contributed by atoms with E-state index in [2.05, 4.69) is 11.9 Å². The first-order chi connectivity index (χ1) is 9.65. The lowest BCUT2D eigenvalue weighted by molar-refractivity contribution is 0.215. The quantitative estimate of drug-likeness (QED) is 0.593. The summed E-state index contributed by atoms with van der Waals surface area (Å²) in [6, 6.07) is 7.38. The van der Waals surface area contributed by atoms with E-state index in [1.54, 1.807) is 0 Å². The maximum absolute atomic E-state index is 7.34. The summed E-state index contributed by atoms with van der Waals surface area (Å²) in [5.74, 6) is 1.81. The van der Waals surface area contributed by atoms with Crippen molar-refractivity contribution in [3.8, 4) is 5.75 Å². The minimum Gasteiger partial charge on any atom is -0.492 e. The van der Waals surface area contributed by atoms with E-state index in [9.17, 15) is 0 Å². The minimum atomic E-state index is 0.0906. The van der Waals surface area contributed by atoms with Crippen LogP contribution in [0.15, 0.2) is 24.3 Å². The molecule has 0 aromatic heterocycles. The van der Waals surface area contributed by atoms with Crippen LogP contribution in [0.2, 0.25) is 0 Å². The summed E-state index contributed by atoms with van der Waals surface area (Å²) >= 11 is 0. The van der Waals surface area contributed by atoms with Crippen LogP contribution in [0.25, 0.3) is 0 Å². The monoisotopic (exact) mass is 275 g/mol. The molecule has 1 fully saturated rings. The average molecular weight is 275 g/mol. The lowest BCUT2D eigenvalue weighted by atomic mass is 10.1. The SMILES string of the molecule is CN(CCOc1ccc(C(=N)N)cc1)CC1CCCC1. The summed E-state index contributed by atoms with van der Waals surface area (Å²) in [6.07, 6.45) is 5.57. The fourth-order valence-corrected chi connectivity index (χ4v) is 2.78. The first kappa shape index (κ1) is 14.9. The molecule has 20 heavy (non-hydrogen) atoms. The van der Waals surface area contributed by atoms with Crippen LogP contribution in [0.5, 0.6) is 5.75 Å². The predicted octanol–water partition coefficient (Wildman–Crippen LogP) is 2.47. The van der Waals surface area contributed by atoms with Gasteiger partial charge in [0.1, 0.15) is 18.2 Å². The summed E-state index contributed by atoms with van der Waals surface area (Å²) in [5, 5.41) is 7.34. The number of amidine groups is 1. The van der Waals surface area contributed by atoms with Gasteiger partial charge in [0, 0.05) is 18.7 Å². The molecule has 0 unspecified atom stereocenters. The molecule has 0 bridgehead atoms. The van der Waals surface area contributed by atoms with Crippen molar-refractivity contribution >= 4 is 5.84 Å². The molecule has 1 aromatic rings. The molecule has 0 aliphatic heterocycles. The summed E-state index contributed by atoms with van der Waals surface area (Å²) in [7, 11) is 2.17. The van der Waals surface area contributed by atoms with Crippen LogP contribution in [0, 0.1) is 11.3 Å². The first-order valence-corrected chi connectivity index (χ1v) is 7.41. The van der Waals surface area contributed by atoms with Crippen molar-refractivity contribution in [1.82, 2.24) is 4.90 Å². The molecule has 0 saturated heterocycles.